The molecule has 3 rings (SSSR count). The zero-order chi connectivity index (χ0) is 15.7. The lowest BCUT2D eigenvalue weighted by Gasteiger charge is -2.36. The molecule has 0 aliphatic carbocycles. The number of nitrogens with zero attached hydrogens (tertiary/aromatic N) is 1. The molecule has 22 heavy (non-hydrogen) atoms. The lowest BCUT2D eigenvalue weighted by Crippen LogP contribution is -2.40. The summed E-state index contributed by atoms with van der Waals surface area (Å²) in [6, 6.07) is 6.63. The third kappa shape index (κ3) is 3.45. The van der Waals surface area contributed by atoms with Crippen molar-refractivity contribution in [2.24, 2.45) is 5.92 Å². The summed E-state index contributed by atoms with van der Waals surface area (Å²) >= 11 is 7.05. The number of aliphatic carboxylic acids is 1. The van der Waals surface area contributed by atoms with E-state index in [-0.39, 0.29) is 12.0 Å². The summed E-state index contributed by atoms with van der Waals surface area (Å²) in [4.78, 5) is 16.3. The van der Waals surface area contributed by atoms with Gasteiger partial charge in [-0.2, -0.15) is 0 Å². The second kappa shape index (κ2) is 6.83. The molecule has 1 aliphatic heterocycles. The van der Waals surface area contributed by atoms with E-state index >= 15 is 0 Å². The number of piperidine rings is 1. The highest BCUT2D eigenvalue weighted by Crippen LogP contribution is 2.39. The van der Waals surface area contributed by atoms with Gasteiger partial charge in [0, 0.05) is 16.3 Å². The van der Waals surface area contributed by atoms with Crippen LogP contribution in [-0.4, -0.2) is 29.1 Å². The van der Waals surface area contributed by atoms with Crippen LogP contribution in [0.15, 0.2) is 27.4 Å². The Kier molecular flexibility index (Phi) is 5.02. The van der Waals surface area contributed by atoms with Crippen molar-refractivity contribution in [3.8, 4) is 0 Å². The lowest BCUT2D eigenvalue weighted by molar-refractivity contribution is -0.143. The Bertz CT molecular complexity index is 626. The van der Waals surface area contributed by atoms with Crippen molar-refractivity contribution in [3.05, 3.63) is 42.7 Å². The van der Waals surface area contributed by atoms with Crippen molar-refractivity contribution in [3.63, 3.8) is 0 Å². The van der Waals surface area contributed by atoms with Gasteiger partial charge < -0.3 is 5.11 Å². The van der Waals surface area contributed by atoms with Gasteiger partial charge in [0.15, 0.2) is 0 Å². The minimum atomic E-state index is -0.668. The summed E-state index contributed by atoms with van der Waals surface area (Å²) in [6.45, 7) is 3.70. The van der Waals surface area contributed by atoms with Crippen molar-refractivity contribution >= 4 is 44.6 Å². The van der Waals surface area contributed by atoms with Gasteiger partial charge in [-0.15, -0.1) is 22.7 Å². The van der Waals surface area contributed by atoms with E-state index in [1.54, 1.807) is 22.7 Å². The molecule has 1 saturated heterocycles. The van der Waals surface area contributed by atoms with Crippen molar-refractivity contribution in [1.29, 1.82) is 0 Å². The molecular formula is C16H18BrNO2S2. The summed E-state index contributed by atoms with van der Waals surface area (Å²) in [5, 5.41) is 11.5. The summed E-state index contributed by atoms with van der Waals surface area (Å²) in [5.74, 6) is -0.918. The quantitative estimate of drug-likeness (QED) is 0.804. The third-order valence-electron chi connectivity index (χ3n) is 4.05. The van der Waals surface area contributed by atoms with Gasteiger partial charge in [0.05, 0.1) is 15.7 Å². The second-order valence-electron chi connectivity index (χ2n) is 5.74. The SMILES string of the molecule is Cc1csc(C(c2ccc(Br)s2)N2CCCC(C(=O)O)C2)c1. The predicted octanol–water partition coefficient (Wildman–Crippen LogP) is 4.77. The van der Waals surface area contributed by atoms with E-state index in [9.17, 15) is 9.90 Å². The maximum Gasteiger partial charge on any atom is 0.307 e. The maximum atomic E-state index is 11.4. The fourth-order valence-corrected chi connectivity index (χ4v) is 5.72. The topological polar surface area (TPSA) is 40.5 Å². The van der Waals surface area contributed by atoms with Crippen LogP contribution in [0.5, 0.6) is 0 Å². The van der Waals surface area contributed by atoms with E-state index in [2.05, 4.69) is 51.3 Å². The van der Waals surface area contributed by atoms with Gasteiger partial charge >= 0.3 is 5.97 Å². The van der Waals surface area contributed by atoms with Crippen molar-refractivity contribution in [1.82, 2.24) is 4.90 Å². The maximum absolute atomic E-state index is 11.4. The Morgan fingerprint density at radius 2 is 2.27 bits per heavy atom. The van der Waals surface area contributed by atoms with Gasteiger partial charge in [0.1, 0.15) is 0 Å². The molecule has 1 aliphatic rings. The molecule has 2 aromatic rings. The molecular weight excluding hydrogens is 382 g/mol. The molecule has 3 heterocycles. The normalized spacial score (nSPS) is 20.9. The molecule has 3 nitrogen and oxygen atoms in total. The first kappa shape index (κ1) is 16.2. The fraction of sp³-hybridized carbons (Fsp3) is 0.438. The van der Waals surface area contributed by atoms with E-state index < -0.39 is 5.97 Å². The molecule has 0 aromatic carbocycles. The number of aryl methyl sites for hydroxylation is 1. The van der Waals surface area contributed by atoms with Crippen molar-refractivity contribution in [2.45, 2.75) is 25.8 Å². The Morgan fingerprint density at radius 1 is 1.45 bits per heavy atom. The van der Waals surface area contributed by atoms with Crippen molar-refractivity contribution in [2.75, 3.05) is 13.1 Å². The van der Waals surface area contributed by atoms with Crippen LogP contribution in [0.1, 0.15) is 34.2 Å². The summed E-state index contributed by atoms with van der Waals surface area (Å²) in [5.41, 5.74) is 1.27. The van der Waals surface area contributed by atoms with Crippen LogP contribution in [0, 0.1) is 12.8 Å². The first-order chi connectivity index (χ1) is 10.5. The predicted molar refractivity (Wildman–Crippen MR) is 94.9 cm³/mol. The largest absolute Gasteiger partial charge is 0.481 e. The molecule has 2 aromatic heterocycles. The minimum absolute atomic E-state index is 0.178. The summed E-state index contributed by atoms with van der Waals surface area (Å²) in [6.07, 6.45) is 1.74. The Morgan fingerprint density at radius 3 is 2.86 bits per heavy atom. The first-order valence-corrected chi connectivity index (χ1v) is 9.80. The number of carboxylic acid groups (broad SMARTS) is 1. The van der Waals surface area contributed by atoms with Crippen molar-refractivity contribution < 1.29 is 9.90 Å². The molecule has 6 heteroatoms. The summed E-state index contributed by atoms with van der Waals surface area (Å²) in [7, 11) is 0. The number of carboxylic acids is 1. The Balaban J connectivity index is 1.93. The van der Waals surface area contributed by atoms with E-state index in [0.717, 1.165) is 23.2 Å². The number of likely N-dealkylation sites (tertiary alicyclic amines) is 1. The van der Waals surface area contributed by atoms with Gasteiger partial charge in [-0.1, -0.05) is 0 Å². The molecule has 0 radical (unpaired) electrons. The Hall–Kier alpha value is -0.690. The van der Waals surface area contributed by atoms with Crippen LogP contribution < -0.4 is 0 Å². The second-order valence-corrected chi connectivity index (χ2v) is 9.18. The smallest absolute Gasteiger partial charge is 0.307 e. The molecule has 0 amide bonds. The average Bonchev–Trinajstić information content (AvgIpc) is 3.09. The highest BCUT2D eigenvalue weighted by atomic mass is 79.9. The van der Waals surface area contributed by atoms with Gasteiger partial charge in [-0.3, -0.25) is 9.69 Å². The molecule has 118 valence electrons. The third-order valence-corrected chi connectivity index (χ3v) is 6.83. The van der Waals surface area contributed by atoms with E-state index in [0.29, 0.717) is 6.54 Å². The standard InChI is InChI=1S/C16H18BrNO2S2/c1-10-7-13(21-9-10)15(12-4-5-14(17)22-12)18-6-2-3-11(8-18)16(19)20/h4-5,7,9,11,15H,2-3,6,8H2,1H3,(H,19,20). The average molecular weight is 400 g/mol. The van der Waals surface area contributed by atoms with Gasteiger partial charge in [-0.05, 0) is 71.4 Å². The fourth-order valence-electron chi connectivity index (χ4n) is 3.01. The number of hydrogen-bond acceptors (Lipinski definition) is 4. The monoisotopic (exact) mass is 399 g/mol. The van der Waals surface area contributed by atoms with Crippen LogP contribution in [0.3, 0.4) is 0 Å². The number of carbonyl (C=O) groups is 1. The van der Waals surface area contributed by atoms with Gasteiger partial charge in [0.2, 0.25) is 0 Å². The highest BCUT2D eigenvalue weighted by molar-refractivity contribution is 9.11. The van der Waals surface area contributed by atoms with E-state index in [1.165, 1.54) is 15.3 Å². The number of halogens is 1. The number of hydrogen-bond donors (Lipinski definition) is 1. The summed E-state index contributed by atoms with van der Waals surface area (Å²) < 4.78 is 1.12. The van der Waals surface area contributed by atoms with Crippen LogP contribution in [-0.2, 0) is 4.79 Å². The molecule has 0 spiro atoms. The van der Waals surface area contributed by atoms with Gasteiger partial charge in [-0.25, -0.2) is 0 Å². The first-order valence-electron chi connectivity index (χ1n) is 7.31. The lowest BCUT2D eigenvalue weighted by atomic mass is 9.96. The zero-order valence-electron chi connectivity index (χ0n) is 12.3. The Labute approximate surface area is 146 Å². The molecule has 0 bridgehead atoms. The molecule has 0 saturated carbocycles. The number of rotatable bonds is 4. The van der Waals surface area contributed by atoms with E-state index in [1.807, 2.05) is 0 Å². The van der Waals surface area contributed by atoms with Crippen LogP contribution in [0.2, 0.25) is 0 Å². The molecule has 2 atom stereocenters. The highest BCUT2D eigenvalue weighted by Gasteiger charge is 2.32. The van der Waals surface area contributed by atoms with E-state index in [4.69, 9.17) is 0 Å². The zero-order valence-corrected chi connectivity index (χ0v) is 15.5. The molecule has 2 unspecified atom stereocenters. The molecule has 1 fully saturated rings. The minimum Gasteiger partial charge on any atom is -0.481 e. The van der Waals surface area contributed by atoms with Crippen LogP contribution >= 0.6 is 38.6 Å². The van der Waals surface area contributed by atoms with Gasteiger partial charge in [0.25, 0.3) is 0 Å². The van der Waals surface area contributed by atoms with Crippen LogP contribution in [0.25, 0.3) is 0 Å². The number of thiophene rings is 2. The molecule has 1 N–H and O–H groups in total. The van der Waals surface area contributed by atoms with Crippen LogP contribution in [0.4, 0.5) is 0 Å².